The second-order valence-corrected chi connectivity index (χ2v) is 6.72. The van der Waals surface area contributed by atoms with Gasteiger partial charge in [-0.25, -0.2) is 4.79 Å². The number of urea groups is 1. The van der Waals surface area contributed by atoms with Gasteiger partial charge in [-0.3, -0.25) is 10.1 Å². The van der Waals surface area contributed by atoms with E-state index < -0.39 is 4.92 Å². The Morgan fingerprint density at radius 1 is 1.11 bits per heavy atom. The predicted octanol–water partition coefficient (Wildman–Crippen LogP) is 2.98. The summed E-state index contributed by atoms with van der Waals surface area (Å²) in [7, 11) is 0. The number of nitrogens with zero attached hydrogens (tertiary/aromatic N) is 3. The lowest BCUT2D eigenvalue weighted by Crippen LogP contribution is -2.52. The number of nitro benzene ring substituents is 1. The fourth-order valence-electron chi connectivity index (χ4n) is 3.25. The van der Waals surface area contributed by atoms with Crippen molar-refractivity contribution in [1.29, 1.82) is 0 Å². The molecule has 0 saturated carbocycles. The Hall–Kier alpha value is -3.09. The first-order chi connectivity index (χ1) is 13.0. The molecule has 1 fully saturated rings. The van der Waals surface area contributed by atoms with E-state index in [1.54, 1.807) is 12.1 Å². The Balaban J connectivity index is 1.44. The normalized spacial score (nSPS) is 14.1. The largest absolute Gasteiger partial charge is 0.368 e. The van der Waals surface area contributed by atoms with Crippen molar-refractivity contribution in [2.45, 2.75) is 13.3 Å². The van der Waals surface area contributed by atoms with Gasteiger partial charge < -0.3 is 15.1 Å². The molecule has 0 aromatic heterocycles. The number of non-ortho nitro benzene ring substituents is 1. The van der Waals surface area contributed by atoms with Crippen LogP contribution in [0, 0.1) is 17.0 Å². The number of nitrogens with one attached hydrogen (secondary N) is 1. The van der Waals surface area contributed by atoms with E-state index in [0.29, 0.717) is 32.7 Å². The summed E-state index contributed by atoms with van der Waals surface area (Å²) in [6.07, 6.45) is 0.816. The van der Waals surface area contributed by atoms with Crippen molar-refractivity contribution < 1.29 is 9.72 Å². The quantitative estimate of drug-likeness (QED) is 0.650. The molecule has 1 saturated heterocycles. The number of anilines is 1. The minimum Gasteiger partial charge on any atom is -0.368 e. The zero-order valence-corrected chi connectivity index (χ0v) is 15.4. The second-order valence-electron chi connectivity index (χ2n) is 6.72. The lowest BCUT2D eigenvalue weighted by atomic mass is 10.1. The van der Waals surface area contributed by atoms with Gasteiger partial charge in [0.2, 0.25) is 0 Å². The van der Waals surface area contributed by atoms with Crippen LogP contribution >= 0.6 is 0 Å². The number of aryl methyl sites for hydroxylation is 1. The molecule has 1 N–H and O–H groups in total. The van der Waals surface area contributed by atoms with Crippen molar-refractivity contribution in [3.05, 3.63) is 69.8 Å². The molecule has 1 aliphatic rings. The summed E-state index contributed by atoms with van der Waals surface area (Å²) in [5.74, 6) is 0. The molecular formula is C20H24N4O3. The maximum absolute atomic E-state index is 12.3. The summed E-state index contributed by atoms with van der Waals surface area (Å²) < 4.78 is 0. The Morgan fingerprint density at radius 3 is 2.44 bits per heavy atom. The lowest BCUT2D eigenvalue weighted by molar-refractivity contribution is -0.384. The third kappa shape index (κ3) is 4.97. The zero-order valence-electron chi connectivity index (χ0n) is 15.4. The van der Waals surface area contributed by atoms with Crippen LogP contribution in [0.4, 0.5) is 16.2 Å². The first-order valence-electron chi connectivity index (χ1n) is 9.10. The predicted molar refractivity (Wildman–Crippen MR) is 105 cm³/mol. The number of carbonyl (C=O) groups excluding carboxylic acids is 1. The number of piperazine rings is 1. The van der Waals surface area contributed by atoms with Crippen LogP contribution in [-0.4, -0.2) is 48.6 Å². The molecule has 0 spiro atoms. The van der Waals surface area contributed by atoms with Gasteiger partial charge in [-0.05, 0) is 31.0 Å². The van der Waals surface area contributed by atoms with Crippen LogP contribution in [0.25, 0.3) is 0 Å². The molecular weight excluding hydrogens is 344 g/mol. The fraction of sp³-hybridized carbons (Fsp3) is 0.350. The smallest absolute Gasteiger partial charge is 0.317 e. The van der Waals surface area contributed by atoms with E-state index in [4.69, 9.17) is 0 Å². The number of amides is 2. The Labute approximate surface area is 158 Å². The molecule has 0 aliphatic carbocycles. The van der Waals surface area contributed by atoms with Gasteiger partial charge in [0, 0.05) is 50.5 Å². The number of nitro groups is 1. The van der Waals surface area contributed by atoms with Gasteiger partial charge in [0.05, 0.1) is 4.92 Å². The minimum atomic E-state index is -0.400. The van der Waals surface area contributed by atoms with Crippen molar-refractivity contribution in [1.82, 2.24) is 10.2 Å². The molecule has 2 aromatic rings. The molecule has 2 aromatic carbocycles. The van der Waals surface area contributed by atoms with Crippen LogP contribution in [0.5, 0.6) is 0 Å². The van der Waals surface area contributed by atoms with Gasteiger partial charge in [-0.2, -0.15) is 0 Å². The monoisotopic (exact) mass is 368 g/mol. The second kappa shape index (κ2) is 8.53. The summed E-state index contributed by atoms with van der Waals surface area (Å²) in [4.78, 5) is 26.6. The van der Waals surface area contributed by atoms with Crippen LogP contribution in [0.2, 0.25) is 0 Å². The number of carbonyl (C=O) groups is 1. The summed E-state index contributed by atoms with van der Waals surface area (Å²) in [5.41, 5.74) is 3.48. The average Bonchev–Trinajstić information content (AvgIpc) is 2.68. The first kappa shape index (κ1) is 18.7. The van der Waals surface area contributed by atoms with E-state index in [0.717, 1.165) is 12.1 Å². The Bertz CT molecular complexity index is 799. The molecule has 1 heterocycles. The molecule has 7 nitrogen and oxygen atoms in total. The number of hydrogen-bond donors (Lipinski definition) is 1. The third-order valence-electron chi connectivity index (χ3n) is 4.76. The molecule has 27 heavy (non-hydrogen) atoms. The standard InChI is InChI=1S/C20H24N4O3/c1-16-3-2-4-17(15-16)9-10-21-20(25)23-13-11-22(12-14-23)18-5-7-19(8-6-18)24(26)27/h2-8,15H,9-14H2,1H3,(H,21,25). The van der Waals surface area contributed by atoms with Crippen LogP contribution in [0.15, 0.2) is 48.5 Å². The summed E-state index contributed by atoms with van der Waals surface area (Å²) >= 11 is 0. The Kier molecular flexibility index (Phi) is 5.90. The van der Waals surface area contributed by atoms with E-state index in [-0.39, 0.29) is 11.7 Å². The Morgan fingerprint density at radius 2 is 1.81 bits per heavy atom. The van der Waals surface area contributed by atoms with Gasteiger partial charge in [0.15, 0.2) is 0 Å². The van der Waals surface area contributed by atoms with Crippen molar-refractivity contribution in [3.63, 3.8) is 0 Å². The van der Waals surface area contributed by atoms with Gasteiger partial charge in [-0.1, -0.05) is 29.8 Å². The molecule has 142 valence electrons. The van der Waals surface area contributed by atoms with Crippen molar-refractivity contribution in [2.75, 3.05) is 37.6 Å². The van der Waals surface area contributed by atoms with E-state index >= 15 is 0 Å². The highest BCUT2D eigenvalue weighted by atomic mass is 16.6. The van der Waals surface area contributed by atoms with Gasteiger partial charge in [-0.15, -0.1) is 0 Å². The number of rotatable bonds is 5. The summed E-state index contributed by atoms with van der Waals surface area (Å²) in [6.45, 7) is 5.37. The minimum absolute atomic E-state index is 0.0361. The maximum Gasteiger partial charge on any atom is 0.317 e. The van der Waals surface area contributed by atoms with Gasteiger partial charge >= 0.3 is 6.03 Å². The molecule has 1 aliphatic heterocycles. The van der Waals surface area contributed by atoms with Crippen LogP contribution in [0.1, 0.15) is 11.1 Å². The van der Waals surface area contributed by atoms with Gasteiger partial charge in [0.1, 0.15) is 0 Å². The highest BCUT2D eigenvalue weighted by molar-refractivity contribution is 5.74. The maximum atomic E-state index is 12.3. The van der Waals surface area contributed by atoms with Crippen molar-refractivity contribution >= 4 is 17.4 Å². The fourth-order valence-corrected chi connectivity index (χ4v) is 3.25. The highest BCUT2D eigenvalue weighted by Crippen LogP contribution is 2.20. The van der Waals surface area contributed by atoms with Crippen molar-refractivity contribution in [3.8, 4) is 0 Å². The van der Waals surface area contributed by atoms with Crippen LogP contribution in [0.3, 0.4) is 0 Å². The summed E-state index contributed by atoms with van der Waals surface area (Å²) in [5, 5.41) is 13.7. The van der Waals surface area contributed by atoms with Gasteiger partial charge in [0.25, 0.3) is 5.69 Å². The molecule has 2 amide bonds. The zero-order chi connectivity index (χ0) is 19.2. The summed E-state index contributed by atoms with van der Waals surface area (Å²) in [6, 6.07) is 14.8. The topological polar surface area (TPSA) is 78.7 Å². The SMILES string of the molecule is Cc1cccc(CCNC(=O)N2CCN(c3ccc([N+](=O)[O-])cc3)CC2)c1. The molecule has 0 bridgehead atoms. The van der Waals surface area contributed by atoms with Crippen molar-refractivity contribution in [2.24, 2.45) is 0 Å². The lowest BCUT2D eigenvalue weighted by Gasteiger charge is -2.36. The first-order valence-corrected chi connectivity index (χ1v) is 9.10. The van der Waals surface area contributed by atoms with E-state index in [1.807, 2.05) is 11.0 Å². The number of benzene rings is 2. The average molecular weight is 368 g/mol. The van der Waals surface area contributed by atoms with Crippen LogP contribution < -0.4 is 10.2 Å². The van der Waals surface area contributed by atoms with E-state index in [2.05, 4.69) is 35.3 Å². The third-order valence-corrected chi connectivity index (χ3v) is 4.76. The molecule has 0 radical (unpaired) electrons. The van der Waals surface area contributed by atoms with E-state index in [9.17, 15) is 14.9 Å². The van der Waals surface area contributed by atoms with Crippen LogP contribution in [-0.2, 0) is 6.42 Å². The molecule has 7 heteroatoms. The van der Waals surface area contributed by atoms with E-state index in [1.165, 1.54) is 23.3 Å². The molecule has 0 atom stereocenters. The number of hydrogen-bond acceptors (Lipinski definition) is 4. The molecule has 0 unspecified atom stereocenters. The molecule has 3 rings (SSSR count). The highest BCUT2D eigenvalue weighted by Gasteiger charge is 2.21.